The van der Waals surface area contributed by atoms with Crippen molar-refractivity contribution in [3.63, 3.8) is 0 Å². The van der Waals surface area contributed by atoms with E-state index in [1.54, 1.807) is 5.92 Å². The highest BCUT2D eigenvalue weighted by Gasteiger charge is 2.07. The summed E-state index contributed by atoms with van der Waals surface area (Å²) in [6.07, 6.45) is 6.23. The molecule has 0 spiro atoms. The molecule has 0 saturated heterocycles. The summed E-state index contributed by atoms with van der Waals surface area (Å²) in [5.41, 5.74) is -1.54. The van der Waals surface area contributed by atoms with E-state index in [-0.39, 0.29) is 0 Å². The van der Waals surface area contributed by atoms with Gasteiger partial charge in [-0.1, -0.05) is 0 Å². The summed E-state index contributed by atoms with van der Waals surface area (Å²) in [5, 5.41) is 0. The Morgan fingerprint density at radius 3 is 1.83 bits per heavy atom. The molecule has 1 heteroatoms. The smallest absolute Gasteiger partial charge is 0.166 e. The van der Waals surface area contributed by atoms with E-state index < -0.39 is 5.67 Å². The zero-order chi connectivity index (χ0) is 5.21. The highest BCUT2D eigenvalue weighted by molar-refractivity contribution is 4.96. The average molecular weight is 85.1 g/mol. The van der Waals surface area contributed by atoms with E-state index in [4.69, 9.17) is 6.42 Å². The fraction of sp³-hybridized carbons (Fsp3) is 0.600. The number of alkyl halides is 1. The monoisotopic (exact) mass is 85.0 g/mol. The van der Waals surface area contributed by atoms with Crippen molar-refractivity contribution in [1.29, 1.82) is 0 Å². The van der Waals surface area contributed by atoms with Crippen LogP contribution in [0.4, 0.5) is 4.39 Å². The minimum atomic E-state index is -1.54. The number of halogens is 1. The summed E-state index contributed by atoms with van der Waals surface area (Å²) in [6.45, 7) is 2.56. The van der Waals surface area contributed by atoms with Gasteiger partial charge in [0.2, 0.25) is 0 Å². The summed E-state index contributed by atoms with van der Waals surface area (Å²) in [4.78, 5) is 0. The van der Waals surface area contributed by atoms with E-state index >= 15 is 0 Å². The van der Waals surface area contributed by atoms with Crippen molar-refractivity contribution in [2.75, 3.05) is 0 Å². The predicted octanol–water partition coefficient (Wildman–Crippen LogP) is 1.32. The van der Waals surface area contributed by atoms with Crippen LogP contribution in [0.5, 0.6) is 0 Å². The molecule has 0 aliphatic heterocycles. The van der Waals surface area contributed by atoms with Crippen LogP contribution in [0.3, 0.4) is 0 Å². The lowest BCUT2D eigenvalue weighted by Crippen LogP contribution is -2.05. The number of hydrogen-bond donors (Lipinski definition) is 0. The standard InChI is InChI=1S/C5H6F/c1-4-5(2,3)6/h2-3H3. The largest absolute Gasteiger partial charge is 0.230 e. The van der Waals surface area contributed by atoms with Crippen molar-refractivity contribution >= 4 is 0 Å². The highest BCUT2D eigenvalue weighted by atomic mass is 19.1. The first-order valence-corrected chi connectivity index (χ1v) is 1.69. The quantitative estimate of drug-likeness (QED) is 0.389. The zero-order valence-corrected chi connectivity index (χ0v) is 3.88. The van der Waals surface area contributed by atoms with E-state index in [2.05, 4.69) is 0 Å². The molecule has 1 radical (unpaired) electrons. The Bertz CT molecular complexity index is 70.9. The summed E-state index contributed by atoms with van der Waals surface area (Å²) >= 11 is 0. The Labute approximate surface area is 37.4 Å². The summed E-state index contributed by atoms with van der Waals surface area (Å²) < 4.78 is 11.8. The SMILES string of the molecule is [C]#CC(C)(C)F. The molecular formula is C5H6F. The van der Waals surface area contributed by atoms with Crippen LogP contribution in [-0.4, -0.2) is 5.67 Å². The van der Waals surface area contributed by atoms with Crippen LogP contribution in [-0.2, 0) is 0 Å². The third-order valence-electron chi connectivity index (χ3n) is 0.297. The Morgan fingerprint density at radius 1 is 1.67 bits per heavy atom. The number of hydrogen-bond acceptors (Lipinski definition) is 0. The first kappa shape index (κ1) is 5.49. The second-order valence-electron chi connectivity index (χ2n) is 1.60. The van der Waals surface area contributed by atoms with Gasteiger partial charge in [0.25, 0.3) is 0 Å². The van der Waals surface area contributed by atoms with Crippen molar-refractivity contribution in [1.82, 2.24) is 0 Å². The maximum Gasteiger partial charge on any atom is 0.166 e. The Hall–Kier alpha value is -0.510. The van der Waals surface area contributed by atoms with Crippen LogP contribution in [0.1, 0.15) is 13.8 Å². The molecule has 0 unspecified atom stereocenters. The zero-order valence-electron chi connectivity index (χ0n) is 3.88. The maximum atomic E-state index is 11.8. The van der Waals surface area contributed by atoms with Gasteiger partial charge in [-0.25, -0.2) is 4.39 Å². The van der Waals surface area contributed by atoms with Gasteiger partial charge in [-0.3, -0.25) is 0 Å². The van der Waals surface area contributed by atoms with E-state index in [1.807, 2.05) is 0 Å². The summed E-state index contributed by atoms with van der Waals surface area (Å²) in [6, 6.07) is 0. The van der Waals surface area contributed by atoms with Gasteiger partial charge in [-0.2, -0.15) is 0 Å². The van der Waals surface area contributed by atoms with Crippen LogP contribution in [0, 0.1) is 12.3 Å². The Balaban J connectivity index is 3.55. The lowest BCUT2D eigenvalue weighted by molar-refractivity contribution is 0.300. The first-order valence-electron chi connectivity index (χ1n) is 1.69. The normalized spacial score (nSPS) is 10.3. The molecule has 0 aromatic rings. The molecule has 33 valence electrons. The van der Waals surface area contributed by atoms with Gasteiger partial charge in [-0.05, 0) is 26.2 Å². The van der Waals surface area contributed by atoms with Crippen LogP contribution in [0.2, 0.25) is 0 Å². The lowest BCUT2D eigenvalue weighted by atomic mass is 10.2. The van der Waals surface area contributed by atoms with E-state index in [1.165, 1.54) is 13.8 Å². The van der Waals surface area contributed by atoms with Gasteiger partial charge >= 0.3 is 0 Å². The fourth-order valence-corrected chi connectivity index (χ4v) is 0. The second kappa shape index (κ2) is 1.30. The van der Waals surface area contributed by atoms with Crippen LogP contribution in [0.25, 0.3) is 0 Å². The molecule has 0 nitrogen and oxygen atoms in total. The molecule has 0 saturated carbocycles. The molecular weight excluding hydrogens is 79.1 g/mol. The third-order valence-corrected chi connectivity index (χ3v) is 0.297. The molecule has 0 fully saturated rings. The second-order valence-corrected chi connectivity index (χ2v) is 1.60. The molecule has 0 aromatic carbocycles. The fourth-order valence-electron chi connectivity index (χ4n) is 0. The van der Waals surface area contributed by atoms with E-state index in [0.717, 1.165) is 0 Å². The van der Waals surface area contributed by atoms with Gasteiger partial charge in [0, 0.05) is 0 Å². The van der Waals surface area contributed by atoms with Crippen LogP contribution in [0.15, 0.2) is 0 Å². The van der Waals surface area contributed by atoms with Crippen molar-refractivity contribution in [3.05, 3.63) is 6.42 Å². The summed E-state index contributed by atoms with van der Waals surface area (Å²) in [5.74, 6) is 1.69. The van der Waals surface area contributed by atoms with Gasteiger partial charge in [0.15, 0.2) is 5.67 Å². The molecule has 6 heavy (non-hydrogen) atoms. The van der Waals surface area contributed by atoms with Gasteiger partial charge in [0.05, 0.1) is 0 Å². The van der Waals surface area contributed by atoms with Crippen molar-refractivity contribution in [2.45, 2.75) is 19.5 Å². The minimum Gasteiger partial charge on any atom is -0.230 e. The lowest BCUT2D eigenvalue weighted by Gasteiger charge is -1.98. The van der Waals surface area contributed by atoms with Gasteiger partial charge in [-0.15, -0.1) is 0 Å². The molecule has 0 atom stereocenters. The summed E-state index contributed by atoms with van der Waals surface area (Å²) in [7, 11) is 0. The molecule has 0 N–H and O–H groups in total. The van der Waals surface area contributed by atoms with Crippen molar-refractivity contribution in [2.24, 2.45) is 0 Å². The molecule has 0 aliphatic carbocycles. The average Bonchev–Trinajstić information content (AvgIpc) is 1.35. The minimum absolute atomic E-state index is 1.28. The maximum absolute atomic E-state index is 11.8. The predicted molar refractivity (Wildman–Crippen MR) is 22.3 cm³/mol. The Morgan fingerprint density at radius 2 is 1.83 bits per heavy atom. The van der Waals surface area contributed by atoms with Crippen LogP contribution < -0.4 is 0 Å². The molecule has 0 heterocycles. The Kier molecular flexibility index (Phi) is 1.19. The van der Waals surface area contributed by atoms with Crippen molar-refractivity contribution in [3.8, 4) is 5.92 Å². The van der Waals surface area contributed by atoms with Crippen molar-refractivity contribution < 1.29 is 4.39 Å². The molecule has 0 aliphatic rings. The van der Waals surface area contributed by atoms with Crippen LogP contribution >= 0.6 is 0 Å². The van der Waals surface area contributed by atoms with Gasteiger partial charge in [0.1, 0.15) is 0 Å². The molecule has 0 aromatic heterocycles. The highest BCUT2D eigenvalue weighted by Crippen LogP contribution is 2.03. The third kappa shape index (κ3) is 3.49. The topological polar surface area (TPSA) is 0 Å². The van der Waals surface area contributed by atoms with E-state index in [9.17, 15) is 4.39 Å². The molecule has 0 amide bonds. The molecule has 0 bridgehead atoms. The molecule has 0 rings (SSSR count). The van der Waals surface area contributed by atoms with E-state index in [0.29, 0.717) is 0 Å². The first-order chi connectivity index (χ1) is 2.56. The number of rotatable bonds is 0. The van der Waals surface area contributed by atoms with Gasteiger partial charge < -0.3 is 0 Å².